The lowest BCUT2D eigenvalue weighted by molar-refractivity contribution is -0.137. The number of thioether (sulfide) groups is 1. The molecular weight excluding hydrogens is 445 g/mol. The molecule has 0 N–H and O–H groups in total. The van der Waals surface area contributed by atoms with E-state index in [0.29, 0.717) is 34.9 Å². The van der Waals surface area contributed by atoms with Gasteiger partial charge in [0, 0.05) is 27.5 Å². The summed E-state index contributed by atoms with van der Waals surface area (Å²) in [5.74, 6) is 0. The largest absolute Gasteiger partial charge is 0.416 e. The SMILES string of the molecule is CC1(Sc2cccc(C(F)(F)F)c2)CCOC(c2cc(Cl)cc(S(C)(=O)=O)c2)C1. The van der Waals surface area contributed by atoms with Crippen molar-refractivity contribution in [3.05, 3.63) is 58.6 Å². The Hall–Kier alpha value is -1.22. The lowest BCUT2D eigenvalue weighted by Gasteiger charge is -2.38. The number of rotatable bonds is 4. The molecule has 0 aliphatic carbocycles. The van der Waals surface area contributed by atoms with Crippen molar-refractivity contribution < 1.29 is 26.3 Å². The third kappa shape index (κ3) is 5.69. The molecule has 1 saturated heterocycles. The molecule has 0 spiro atoms. The summed E-state index contributed by atoms with van der Waals surface area (Å²) in [5.41, 5.74) is -0.0316. The van der Waals surface area contributed by atoms with E-state index in [2.05, 4.69) is 0 Å². The van der Waals surface area contributed by atoms with Crippen LogP contribution < -0.4 is 0 Å². The maximum Gasteiger partial charge on any atom is 0.416 e. The van der Waals surface area contributed by atoms with Crippen molar-refractivity contribution in [2.24, 2.45) is 0 Å². The van der Waals surface area contributed by atoms with Crippen molar-refractivity contribution >= 4 is 33.2 Å². The molecule has 0 amide bonds. The topological polar surface area (TPSA) is 43.4 Å². The average molecular weight is 465 g/mol. The molecule has 2 unspecified atom stereocenters. The van der Waals surface area contributed by atoms with Gasteiger partial charge in [0.1, 0.15) is 0 Å². The van der Waals surface area contributed by atoms with E-state index in [1.54, 1.807) is 18.2 Å². The van der Waals surface area contributed by atoms with Crippen molar-refractivity contribution in [1.82, 2.24) is 0 Å². The second-order valence-corrected chi connectivity index (χ2v) is 11.5. The van der Waals surface area contributed by atoms with Crippen LogP contribution in [0.2, 0.25) is 5.02 Å². The monoisotopic (exact) mass is 464 g/mol. The summed E-state index contributed by atoms with van der Waals surface area (Å²) in [5, 5.41) is 0.296. The highest BCUT2D eigenvalue weighted by molar-refractivity contribution is 8.00. The fourth-order valence-electron chi connectivity index (χ4n) is 3.28. The zero-order chi connectivity index (χ0) is 21.4. The van der Waals surface area contributed by atoms with Crippen LogP contribution in [0.1, 0.15) is 37.0 Å². The standard InChI is InChI=1S/C20H20ClF3O3S2/c1-19(28-16-5-3-4-14(10-16)20(22,23)24)6-7-27-18(12-19)13-8-15(21)11-17(9-13)29(2,25)26/h3-5,8-11,18H,6-7,12H2,1-2H3. The Bertz CT molecular complexity index is 1010. The van der Waals surface area contributed by atoms with Gasteiger partial charge in [-0.05, 0) is 61.7 Å². The van der Waals surface area contributed by atoms with Crippen molar-refractivity contribution in [3.63, 3.8) is 0 Å². The molecule has 29 heavy (non-hydrogen) atoms. The molecule has 1 aliphatic rings. The Labute approximate surface area is 177 Å². The van der Waals surface area contributed by atoms with Crippen molar-refractivity contribution in [2.75, 3.05) is 12.9 Å². The lowest BCUT2D eigenvalue weighted by atomic mass is 9.92. The van der Waals surface area contributed by atoms with E-state index >= 15 is 0 Å². The highest BCUT2D eigenvalue weighted by Gasteiger charge is 2.36. The normalized spacial score (nSPS) is 23.2. The van der Waals surface area contributed by atoms with Gasteiger partial charge < -0.3 is 4.74 Å². The van der Waals surface area contributed by atoms with Gasteiger partial charge in [-0.1, -0.05) is 17.7 Å². The van der Waals surface area contributed by atoms with Crippen LogP contribution in [0.3, 0.4) is 0 Å². The Kier molecular flexibility index (Phi) is 6.30. The summed E-state index contributed by atoms with van der Waals surface area (Å²) in [6.45, 7) is 2.39. The number of benzene rings is 2. The van der Waals surface area contributed by atoms with Gasteiger partial charge in [0.25, 0.3) is 0 Å². The number of ether oxygens (including phenoxy) is 1. The highest BCUT2D eigenvalue weighted by Crippen LogP contribution is 2.47. The second-order valence-electron chi connectivity index (χ2n) is 7.38. The van der Waals surface area contributed by atoms with Crippen molar-refractivity contribution in [1.29, 1.82) is 0 Å². The molecule has 9 heteroatoms. The van der Waals surface area contributed by atoms with Gasteiger partial charge in [0.05, 0.1) is 16.6 Å². The maximum absolute atomic E-state index is 13.0. The van der Waals surface area contributed by atoms with Gasteiger partial charge in [-0.2, -0.15) is 13.2 Å². The molecule has 2 aromatic rings. The van der Waals surface area contributed by atoms with Crippen LogP contribution in [-0.2, 0) is 20.8 Å². The van der Waals surface area contributed by atoms with Crippen LogP contribution in [-0.4, -0.2) is 26.0 Å². The molecule has 0 saturated carbocycles. The van der Waals surface area contributed by atoms with Crippen LogP contribution in [0.25, 0.3) is 0 Å². The van der Waals surface area contributed by atoms with Crippen LogP contribution >= 0.6 is 23.4 Å². The second kappa shape index (κ2) is 8.13. The van der Waals surface area contributed by atoms with Crippen molar-refractivity contribution in [3.8, 4) is 0 Å². The minimum Gasteiger partial charge on any atom is -0.373 e. The molecule has 1 aliphatic heterocycles. The van der Waals surface area contributed by atoms with E-state index in [1.165, 1.54) is 23.9 Å². The Balaban J connectivity index is 1.84. The first-order valence-electron chi connectivity index (χ1n) is 8.84. The molecule has 3 rings (SSSR count). The first kappa shape index (κ1) is 22.5. The van der Waals surface area contributed by atoms with Crippen LogP contribution in [0, 0.1) is 0 Å². The molecular formula is C20H20ClF3O3S2. The van der Waals surface area contributed by atoms with E-state index in [1.807, 2.05) is 6.92 Å². The predicted molar refractivity (Wildman–Crippen MR) is 108 cm³/mol. The number of sulfone groups is 1. The summed E-state index contributed by atoms with van der Waals surface area (Å²) in [6.07, 6.45) is -2.51. The van der Waals surface area contributed by atoms with Crippen LogP contribution in [0.15, 0.2) is 52.3 Å². The number of hydrogen-bond acceptors (Lipinski definition) is 4. The van der Waals surface area contributed by atoms with Gasteiger partial charge >= 0.3 is 6.18 Å². The van der Waals surface area contributed by atoms with E-state index in [9.17, 15) is 21.6 Å². The molecule has 0 aromatic heterocycles. The zero-order valence-corrected chi connectivity index (χ0v) is 18.2. The number of alkyl halides is 3. The fraction of sp³-hybridized carbons (Fsp3) is 0.400. The molecule has 3 nitrogen and oxygen atoms in total. The molecule has 1 heterocycles. The average Bonchev–Trinajstić information content (AvgIpc) is 2.59. The van der Waals surface area contributed by atoms with Gasteiger partial charge in [-0.15, -0.1) is 11.8 Å². The fourth-order valence-corrected chi connectivity index (χ4v) is 5.60. The molecule has 1 fully saturated rings. The minimum atomic E-state index is -4.39. The Morgan fingerprint density at radius 2 is 1.93 bits per heavy atom. The van der Waals surface area contributed by atoms with Crippen LogP contribution in [0.5, 0.6) is 0 Å². The molecule has 2 aromatic carbocycles. The molecule has 158 valence electrons. The maximum atomic E-state index is 13.0. The summed E-state index contributed by atoms with van der Waals surface area (Å²) >= 11 is 7.48. The van der Waals surface area contributed by atoms with E-state index in [-0.39, 0.29) is 9.64 Å². The van der Waals surface area contributed by atoms with Gasteiger partial charge in [0.15, 0.2) is 9.84 Å². The quantitative estimate of drug-likeness (QED) is 0.543. The number of halogens is 4. The Morgan fingerprint density at radius 1 is 1.21 bits per heavy atom. The lowest BCUT2D eigenvalue weighted by Crippen LogP contribution is -2.32. The summed E-state index contributed by atoms with van der Waals surface area (Å²) in [7, 11) is -3.43. The molecule has 0 radical (unpaired) electrons. The first-order valence-corrected chi connectivity index (χ1v) is 11.9. The molecule has 2 atom stereocenters. The molecule has 0 bridgehead atoms. The van der Waals surface area contributed by atoms with E-state index in [0.717, 1.165) is 18.4 Å². The third-order valence-electron chi connectivity index (χ3n) is 4.79. The predicted octanol–water partition coefficient (Wildman–Crippen LogP) is 6.16. The smallest absolute Gasteiger partial charge is 0.373 e. The third-order valence-corrected chi connectivity index (χ3v) is 7.45. The summed E-state index contributed by atoms with van der Waals surface area (Å²) < 4.78 is 68.3. The summed E-state index contributed by atoms with van der Waals surface area (Å²) in [6, 6.07) is 9.88. The Morgan fingerprint density at radius 3 is 2.59 bits per heavy atom. The van der Waals surface area contributed by atoms with Gasteiger partial charge in [-0.25, -0.2) is 8.42 Å². The van der Waals surface area contributed by atoms with Crippen molar-refractivity contribution in [2.45, 2.75) is 46.6 Å². The highest BCUT2D eigenvalue weighted by atomic mass is 35.5. The first-order chi connectivity index (χ1) is 13.4. The van der Waals surface area contributed by atoms with E-state index < -0.39 is 27.7 Å². The van der Waals surface area contributed by atoms with Gasteiger partial charge in [0.2, 0.25) is 0 Å². The summed E-state index contributed by atoms with van der Waals surface area (Å²) in [4.78, 5) is 0.646. The van der Waals surface area contributed by atoms with E-state index in [4.69, 9.17) is 16.3 Å². The minimum absolute atomic E-state index is 0.112. The van der Waals surface area contributed by atoms with Gasteiger partial charge in [-0.3, -0.25) is 0 Å². The zero-order valence-electron chi connectivity index (χ0n) is 15.8. The number of hydrogen-bond donors (Lipinski definition) is 0. The van der Waals surface area contributed by atoms with Crippen LogP contribution in [0.4, 0.5) is 13.2 Å².